The van der Waals surface area contributed by atoms with Crippen LogP contribution in [0.2, 0.25) is 0 Å². The number of nitrogens with zero attached hydrogens (tertiary/aromatic N) is 7. The van der Waals surface area contributed by atoms with E-state index >= 15 is 4.39 Å². The Balaban J connectivity index is 1.18. The van der Waals surface area contributed by atoms with Crippen LogP contribution in [0.3, 0.4) is 0 Å². The number of ether oxygens (including phenoxy) is 1. The fraction of sp³-hybridized carbons (Fsp3) is 0.462. The van der Waals surface area contributed by atoms with Crippen molar-refractivity contribution >= 4 is 40.4 Å². The molecule has 2 N–H and O–H groups in total. The first-order valence-corrected chi connectivity index (χ1v) is 14.0. The topological polar surface area (TPSA) is 129 Å². The summed E-state index contributed by atoms with van der Waals surface area (Å²) in [5.41, 5.74) is 0.896. The van der Waals surface area contributed by atoms with Crippen molar-refractivity contribution in [2.45, 2.75) is 37.6 Å². The number of halogens is 1. The van der Waals surface area contributed by atoms with Crippen LogP contribution in [0.15, 0.2) is 43.0 Å². The molecule has 0 spiro atoms. The lowest BCUT2D eigenvalue weighted by molar-refractivity contribution is 0.0661. The number of hydrogen-bond donors (Lipinski definition) is 2. The normalized spacial score (nSPS) is 20.1. The van der Waals surface area contributed by atoms with E-state index in [-0.39, 0.29) is 19.1 Å². The highest BCUT2D eigenvalue weighted by Gasteiger charge is 2.35. The monoisotopic (exact) mass is 569 g/mol. The van der Waals surface area contributed by atoms with E-state index in [1.165, 1.54) is 22.4 Å². The summed E-state index contributed by atoms with van der Waals surface area (Å²) in [4.78, 5) is 48.8. The molecule has 0 bridgehead atoms. The number of anilines is 3. The molecule has 14 heteroatoms. The summed E-state index contributed by atoms with van der Waals surface area (Å²) in [5.74, 6) is 0.630. The van der Waals surface area contributed by atoms with E-state index in [1.807, 2.05) is 24.1 Å². The summed E-state index contributed by atoms with van der Waals surface area (Å²) in [7, 11) is 3.60. The number of alkyl halides is 1. The highest BCUT2D eigenvalue weighted by atomic mass is 32.1. The standard InChI is InChI=1S/C26H32FN9O3S/c1-34-11-6-18(7-12-34)39-26(38)32-22-5-10-29-23(31-22)36-13-8-19(27)20(16-36)35(2)25(37)33-24-30-15-21(40-24)17-4-3-9-28-14-17/h3-5,9-10,14-15,18-20H,6-8,11-13,16H2,1-2H3,(H,30,33,37)(H,29,31,32,38)/t19-,20+/m1/s1. The molecular weight excluding hydrogens is 537 g/mol. The maximum Gasteiger partial charge on any atom is 0.413 e. The second-order valence-electron chi connectivity index (χ2n) is 9.91. The van der Waals surface area contributed by atoms with Gasteiger partial charge in [0.15, 0.2) is 5.13 Å². The second-order valence-corrected chi connectivity index (χ2v) is 10.9. The van der Waals surface area contributed by atoms with Crippen molar-refractivity contribution in [3.8, 4) is 10.4 Å². The van der Waals surface area contributed by atoms with Crippen LogP contribution in [0.1, 0.15) is 19.3 Å². The van der Waals surface area contributed by atoms with E-state index in [2.05, 4.69) is 35.5 Å². The zero-order valence-electron chi connectivity index (χ0n) is 22.4. The number of nitrogens with one attached hydrogen (secondary N) is 2. The number of piperidine rings is 2. The number of hydrogen-bond acceptors (Lipinski definition) is 10. The minimum atomic E-state index is -1.22. The Morgan fingerprint density at radius 2 is 1.93 bits per heavy atom. The number of aromatic nitrogens is 4. The first kappa shape index (κ1) is 27.6. The lowest BCUT2D eigenvalue weighted by atomic mass is 10.0. The lowest BCUT2D eigenvalue weighted by Gasteiger charge is -2.39. The number of urea groups is 1. The molecule has 2 fully saturated rings. The third kappa shape index (κ3) is 6.80. The molecule has 0 saturated carbocycles. The van der Waals surface area contributed by atoms with E-state index in [0.717, 1.165) is 36.4 Å². The summed E-state index contributed by atoms with van der Waals surface area (Å²) in [6.45, 7) is 2.32. The molecule has 0 aromatic carbocycles. The molecule has 212 valence electrons. The Hall–Kier alpha value is -3.91. The molecule has 2 atom stereocenters. The van der Waals surface area contributed by atoms with Crippen molar-refractivity contribution in [3.05, 3.63) is 43.0 Å². The Morgan fingerprint density at radius 1 is 1.10 bits per heavy atom. The van der Waals surface area contributed by atoms with Crippen LogP contribution in [0.4, 0.5) is 30.9 Å². The van der Waals surface area contributed by atoms with Crippen molar-refractivity contribution in [3.63, 3.8) is 0 Å². The minimum absolute atomic E-state index is 0.130. The van der Waals surface area contributed by atoms with Gasteiger partial charge in [-0.2, -0.15) is 4.98 Å². The van der Waals surface area contributed by atoms with Crippen molar-refractivity contribution in [1.82, 2.24) is 29.7 Å². The summed E-state index contributed by atoms with van der Waals surface area (Å²) in [6, 6.07) is 4.12. The zero-order chi connectivity index (χ0) is 28.1. The number of carbonyl (C=O) groups is 2. The fourth-order valence-corrected chi connectivity index (χ4v) is 5.51. The molecule has 0 radical (unpaired) electrons. The summed E-state index contributed by atoms with van der Waals surface area (Å²) in [5, 5.41) is 5.85. The molecular formula is C26H32FN9O3S. The Morgan fingerprint density at radius 3 is 2.70 bits per heavy atom. The van der Waals surface area contributed by atoms with Gasteiger partial charge in [-0.15, -0.1) is 0 Å². The molecule has 40 heavy (non-hydrogen) atoms. The van der Waals surface area contributed by atoms with Crippen molar-refractivity contribution < 1.29 is 18.7 Å². The predicted molar refractivity (Wildman–Crippen MR) is 150 cm³/mol. The van der Waals surface area contributed by atoms with Crippen molar-refractivity contribution in [2.75, 3.05) is 55.8 Å². The average molecular weight is 570 g/mol. The van der Waals surface area contributed by atoms with Gasteiger partial charge in [-0.25, -0.2) is 23.9 Å². The SMILES string of the molecule is CN1CCC(OC(=O)Nc2ccnc(N3CC[C@@H](F)[C@@H](N(C)C(=O)Nc4ncc(-c5cccnc5)s4)C3)n2)CC1. The van der Waals surface area contributed by atoms with Crippen LogP contribution in [0.5, 0.6) is 0 Å². The van der Waals surface area contributed by atoms with E-state index in [1.54, 1.807) is 31.7 Å². The number of pyridine rings is 1. The van der Waals surface area contributed by atoms with Gasteiger partial charge in [0.25, 0.3) is 0 Å². The van der Waals surface area contributed by atoms with Crippen LogP contribution in [-0.2, 0) is 4.74 Å². The van der Waals surface area contributed by atoms with E-state index in [0.29, 0.717) is 23.4 Å². The van der Waals surface area contributed by atoms with Gasteiger partial charge >= 0.3 is 12.1 Å². The molecule has 2 aliphatic heterocycles. The molecule has 5 heterocycles. The number of thiazole rings is 1. The molecule has 2 aliphatic rings. The Kier molecular flexibility index (Phi) is 8.65. The molecule has 3 amide bonds. The lowest BCUT2D eigenvalue weighted by Crippen LogP contribution is -2.55. The molecule has 0 aliphatic carbocycles. The number of likely N-dealkylation sites (tertiary alicyclic amines) is 1. The van der Waals surface area contributed by atoms with Gasteiger partial charge < -0.3 is 19.4 Å². The second kappa shape index (κ2) is 12.5. The molecule has 5 rings (SSSR count). The molecule has 2 saturated heterocycles. The Labute approximate surface area is 235 Å². The van der Waals surface area contributed by atoms with Crippen molar-refractivity contribution in [1.29, 1.82) is 0 Å². The highest BCUT2D eigenvalue weighted by molar-refractivity contribution is 7.19. The van der Waals surface area contributed by atoms with Crippen LogP contribution in [0.25, 0.3) is 10.4 Å². The minimum Gasteiger partial charge on any atom is -0.446 e. The van der Waals surface area contributed by atoms with E-state index in [9.17, 15) is 9.59 Å². The first-order chi connectivity index (χ1) is 19.4. The smallest absolute Gasteiger partial charge is 0.413 e. The number of likely N-dealkylation sites (N-methyl/N-ethyl adjacent to an activating group) is 1. The highest BCUT2D eigenvalue weighted by Crippen LogP contribution is 2.29. The maximum atomic E-state index is 15.0. The number of amides is 3. The number of rotatable bonds is 6. The summed E-state index contributed by atoms with van der Waals surface area (Å²) in [6.07, 6.45) is 6.46. The summed E-state index contributed by atoms with van der Waals surface area (Å²) < 4.78 is 20.6. The van der Waals surface area contributed by atoms with Gasteiger partial charge in [-0.1, -0.05) is 17.4 Å². The van der Waals surface area contributed by atoms with Crippen LogP contribution in [-0.4, -0.2) is 100 Å². The third-order valence-corrected chi connectivity index (χ3v) is 8.04. The van der Waals surface area contributed by atoms with E-state index < -0.39 is 24.3 Å². The largest absolute Gasteiger partial charge is 0.446 e. The van der Waals surface area contributed by atoms with Crippen LogP contribution >= 0.6 is 11.3 Å². The zero-order valence-corrected chi connectivity index (χ0v) is 23.2. The van der Waals surface area contributed by atoms with Gasteiger partial charge in [-0.05, 0) is 38.4 Å². The molecule has 12 nitrogen and oxygen atoms in total. The van der Waals surface area contributed by atoms with Crippen molar-refractivity contribution in [2.24, 2.45) is 0 Å². The molecule has 3 aromatic rings. The van der Waals surface area contributed by atoms with Crippen LogP contribution < -0.4 is 15.5 Å². The van der Waals surface area contributed by atoms with Gasteiger partial charge in [0.05, 0.1) is 10.9 Å². The molecule has 3 aromatic heterocycles. The van der Waals surface area contributed by atoms with Gasteiger partial charge in [-0.3, -0.25) is 15.6 Å². The Bertz CT molecular complexity index is 1310. The predicted octanol–water partition coefficient (Wildman–Crippen LogP) is 3.72. The fourth-order valence-electron chi connectivity index (χ4n) is 4.71. The van der Waals surface area contributed by atoms with E-state index in [4.69, 9.17) is 4.74 Å². The average Bonchev–Trinajstić information content (AvgIpc) is 3.43. The van der Waals surface area contributed by atoms with Gasteiger partial charge in [0.1, 0.15) is 18.1 Å². The number of carbonyl (C=O) groups excluding carboxylic acids is 2. The van der Waals surface area contributed by atoms with Gasteiger partial charge in [0.2, 0.25) is 5.95 Å². The third-order valence-electron chi connectivity index (χ3n) is 7.08. The van der Waals surface area contributed by atoms with Gasteiger partial charge in [0, 0.05) is 63.6 Å². The summed E-state index contributed by atoms with van der Waals surface area (Å²) >= 11 is 1.31. The maximum absolute atomic E-state index is 15.0. The molecule has 0 unspecified atom stereocenters. The first-order valence-electron chi connectivity index (χ1n) is 13.1. The van der Waals surface area contributed by atoms with Crippen LogP contribution in [0, 0.1) is 0 Å². The quantitative estimate of drug-likeness (QED) is 0.456.